The Bertz CT molecular complexity index is 587. The predicted molar refractivity (Wildman–Crippen MR) is 61.5 cm³/mol. The molecular weight excluding hydrogens is 221 g/mol. The standard InChI is InChI=1S/C13H10FNO2/c14-11-5-3-9(4-6-11)12(16)8-10-2-1-7-15-13(10)17/h1-7H,8H2,(H,15,17). The number of benzene rings is 1. The summed E-state index contributed by atoms with van der Waals surface area (Å²) < 4.78 is 12.7. The third kappa shape index (κ3) is 2.66. The van der Waals surface area contributed by atoms with Gasteiger partial charge in [-0.2, -0.15) is 0 Å². The van der Waals surface area contributed by atoms with E-state index in [2.05, 4.69) is 4.98 Å². The first-order valence-electron chi connectivity index (χ1n) is 5.12. The lowest BCUT2D eigenvalue weighted by atomic mass is 10.0. The minimum absolute atomic E-state index is 0.0157. The van der Waals surface area contributed by atoms with Crippen LogP contribution in [0.3, 0.4) is 0 Å². The van der Waals surface area contributed by atoms with Crippen molar-refractivity contribution in [1.29, 1.82) is 0 Å². The first-order chi connectivity index (χ1) is 8.16. The van der Waals surface area contributed by atoms with Gasteiger partial charge < -0.3 is 4.98 Å². The van der Waals surface area contributed by atoms with Gasteiger partial charge in [-0.3, -0.25) is 9.59 Å². The highest BCUT2D eigenvalue weighted by atomic mass is 19.1. The molecule has 17 heavy (non-hydrogen) atoms. The van der Waals surface area contributed by atoms with E-state index in [9.17, 15) is 14.0 Å². The van der Waals surface area contributed by atoms with Crippen molar-refractivity contribution in [3.05, 3.63) is 69.9 Å². The van der Waals surface area contributed by atoms with Crippen molar-refractivity contribution in [3.8, 4) is 0 Å². The van der Waals surface area contributed by atoms with Crippen molar-refractivity contribution in [2.24, 2.45) is 0 Å². The Labute approximate surface area is 96.9 Å². The maximum atomic E-state index is 12.7. The number of H-pyrrole nitrogens is 1. The van der Waals surface area contributed by atoms with Gasteiger partial charge in [-0.05, 0) is 30.3 Å². The van der Waals surface area contributed by atoms with E-state index in [4.69, 9.17) is 0 Å². The zero-order valence-corrected chi connectivity index (χ0v) is 8.94. The molecule has 3 nitrogen and oxygen atoms in total. The monoisotopic (exact) mass is 231 g/mol. The summed E-state index contributed by atoms with van der Waals surface area (Å²) in [6.07, 6.45) is 1.52. The fourth-order valence-corrected chi connectivity index (χ4v) is 1.51. The third-order valence-corrected chi connectivity index (χ3v) is 2.42. The fraction of sp³-hybridized carbons (Fsp3) is 0.0769. The zero-order chi connectivity index (χ0) is 12.3. The lowest BCUT2D eigenvalue weighted by Gasteiger charge is -2.00. The smallest absolute Gasteiger partial charge is 0.251 e. The lowest BCUT2D eigenvalue weighted by Crippen LogP contribution is -2.15. The minimum Gasteiger partial charge on any atom is -0.329 e. The summed E-state index contributed by atoms with van der Waals surface area (Å²) >= 11 is 0. The number of hydrogen-bond acceptors (Lipinski definition) is 2. The van der Waals surface area contributed by atoms with Crippen LogP contribution < -0.4 is 5.56 Å². The molecule has 0 spiro atoms. The second kappa shape index (κ2) is 4.74. The molecule has 0 aliphatic heterocycles. The number of carbonyl (C=O) groups excluding carboxylic acids is 1. The van der Waals surface area contributed by atoms with Crippen LogP contribution in [0.1, 0.15) is 15.9 Å². The van der Waals surface area contributed by atoms with Crippen LogP contribution in [0.5, 0.6) is 0 Å². The van der Waals surface area contributed by atoms with Crippen molar-refractivity contribution in [2.75, 3.05) is 0 Å². The number of ketones is 1. The number of aromatic amines is 1. The van der Waals surface area contributed by atoms with Crippen LogP contribution in [0.4, 0.5) is 4.39 Å². The summed E-state index contributed by atoms with van der Waals surface area (Å²) in [6.45, 7) is 0. The SMILES string of the molecule is O=C(Cc1ccc[nH]c1=O)c1ccc(F)cc1. The Morgan fingerprint density at radius 3 is 2.53 bits per heavy atom. The van der Waals surface area contributed by atoms with Crippen molar-refractivity contribution in [2.45, 2.75) is 6.42 Å². The maximum Gasteiger partial charge on any atom is 0.251 e. The van der Waals surface area contributed by atoms with Crippen LogP contribution in [0, 0.1) is 5.82 Å². The zero-order valence-electron chi connectivity index (χ0n) is 8.94. The van der Waals surface area contributed by atoms with Crippen molar-refractivity contribution >= 4 is 5.78 Å². The molecule has 1 N–H and O–H groups in total. The number of rotatable bonds is 3. The molecule has 1 aromatic carbocycles. The summed E-state index contributed by atoms with van der Waals surface area (Å²) in [5.74, 6) is -0.596. The maximum absolute atomic E-state index is 12.7. The van der Waals surface area contributed by atoms with E-state index in [-0.39, 0.29) is 23.6 Å². The average Bonchev–Trinajstić information content (AvgIpc) is 2.33. The van der Waals surface area contributed by atoms with E-state index in [0.717, 1.165) is 0 Å². The molecule has 2 aromatic rings. The Balaban J connectivity index is 2.20. The number of hydrogen-bond donors (Lipinski definition) is 1. The molecule has 0 bridgehead atoms. The lowest BCUT2D eigenvalue weighted by molar-refractivity contribution is 0.0992. The molecule has 0 amide bonds. The first kappa shape index (κ1) is 11.3. The van der Waals surface area contributed by atoms with Gasteiger partial charge in [-0.1, -0.05) is 6.07 Å². The van der Waals surface area contributed by atoms with Crippen LogP contribution in [-0.4, -0.2) is 10.8 Å². The van der Waals surface area contributed by atoms with Gasteiger partial charge in [0.15, 0.2) is 5.78 Å². The highest BCUT2D eigenvalue weighted by Gasteiger charge is 2.09. The summed E-state index contributed by atoms with van der Waals surface area (Å²) in [4.78, 5) is 25.7. The molecule has 1 aromatic heterocycles. The Morgan fingerprint density at radius 2 is 1.88 bits per heavy atom. The molecule has 0 atom stereocenters. The van der Waals surface area contributed by atoms with Crippen LogP contribution in [-0.2, 0) is 6.42 Å². The van der Waals surface area contributed by atoms with Crippen molar-refractivity contribution in [1.82, 2.24) is 4.98 Å². The van der Waals surface area contributed by atoms with Crippen LogP contribution in [0.25, 0.3) is 0 Å². The molecule has 0 unspecified atom stereocenters. The molecule has 0 aliphatic carbocycles. The summed E-state index contributed by atoms with van der Waals surface area (Å²) in [6, 6.07) is 8.53. The number of aromatic nitrogens is 1. The van der Waals surface area contributed by atoms with Gasteiger partial charge in [-0.15, -0.1) is 0 Å². The second-order valence-electron chi connectivity index (χ2n) is 3.63. The number of halogens is 1. The molecule has 0 saturated carbocycles. The molecular formula is C13H10FNO2. The summed E-state index contributed by atoms with van der Waals surface area (Å²) in [5.41, 5.74) is 0.527. The molecule has 0 fully saturated rings. The average molecular weight is 231 g/mol. The first-order valence-corrected chi connectivity index (χ1v) is 5.12. The normalized spacial score (nSPS) is 10.2. The molecule has 0 saturated heterocycles. The highest BCUT2D eigenvalue weighted by molar-refractivity contribution is 5.97. The highest BCUT2D eigenvalue weighted by Crippen LogP contribution is 2.06. The van der Waals surface area contributed by atoms with Gasteiger partial charge in [-0.25, -0.2) is 4.39 Å². The minimum atomic E-state index is -0.390. The predicted octanol–water partition coefficient (Wildman–Crippen LogP) is 1.94. The molecule has 86 valence electrons. The van der Waals surface area contributed by atoms with Gasteiger partial charge in [0, 0.05) is 23.7 Å². The largest absolute Gasteiger partial charge is 0.329 e. The Morgan fingerprint density at radius 1 is 1.18 bits per heavy atom. The van der Waals surface area contributed by atoms with Gasteiger partial charge in [0.2, 0.25) is 0 Å². The molecule has 0 aliphatic rings. The summed E-state index contributed by atoms with van der Waals surface area (Å²) in [5, 5.41) is 0. The third-order valence-electron chi connectivity index (χ3n) is 2.42. The van der Waals surface area contributed by atoms with Gasteiger partial charge in [0.1, 0.15) is 5.82 Å². The number of Topliss-reactive ketones (excluding diaryl/α,β-unsaturated/α-hetero) is 1. The number of pyridine rings is 1. The van der Waals surface area contributed by atoms with E-state index in [1.54, 1.807) is 12.1 Å². The Kier molecular flexibility index (Phi) is 3.14. The Hall–Kier alpha value is -2.23. The van der Waals surface area contributed by atoms with Gasteiger partial charge in [0.25, 0.3) is 5.56 Å². The van der Waals surface area contributed by atoms with E-state index < -0.39 is 0 Å². The second-order valence-corrected chi connectivity index (χ2v) is 3.63. The molecule has 2 rings (SSSR count). The quantitative estimate of drug-likeness (QED) is 0.821. The van der Waals surface area contributed by atoms with Crippen LogP contribution in [0.2, 0.25) is 0 Å². The molecule has 0 radical (unpaired) electrons. The van der Waals surface area contributed by atoms with Gasteiger partial charge in [0.05, 0.1) is 0 Å². The van der Waals surface area contributed by atoms with Crippen LogP contribution in [0.15, 0.2) is 47.4 Å². The molecule has 1 heterocycles. The van der Waals surface area contributed by atoms with E-state index >= 15 is 0 Å². The van der Waals surface area contributed by atoms with Crippen LogP contribution >= 0.6 is 0 Å². The summed E-state index contributed by atoms with van der Waals surface area (Å²) in [7, 11) is 0. The number of carbonyl (C=O) groups is 1. The fourth-order valence-electron chi connectivity index (χ4n) is 1.51. The van der Waals surface area contributed by atoms with Gasteiger partial charge >= 0.3 is 0 Å². The van der Waals surface area contributed by atoms with E-state index in [0.29, 0.717) is 11.1 Å². The molecule has 4 heteroatoms. The van der Waals surface area contributed by atoms with Crippen molar-refractivity contribution in [3.63, 3.8) is 0 Å². The van der Waals surface area contributed by atoms with E-state index in [1.807, 2.05) is 0 Å². The van der Waals surface area contributed by atoms with E-state index in [1.165, 1.54) is 30.5 Å². The number of nitrogens with one attached hydrogen (secondary N) is 1. The van der Waals surface area contributed by atoms with Crippen molar-refractivity contribution < 1.29 is 9.18 Å². The topological polar surface area (TPSA) is 49.9 Å².